The molecule has 0 aliphatic carbocycles. The Morgan fingerprint density at radius 2 is 2.20 bits per heavy atom. The van der Waals surface area contributed by atoms with Crippen LogP contribution in [0.2, 0.25) is 5.02 Å². The van der Waals surface area contributed by atoms with Crippen LogP contribution < -0.4 is 10.0 Å². The van der Waals surface area contributed by atoms with E-state index in [-0.39, 0.29) is 13.2 Å². The first-order valence-corrected chi connectivity index (χ1v) is 7.79. The van der Waals surface area contributed by atoms with Crippen LogP contribution in [0, 0.1) is 0 Å². The van der Waals surface area contributed by atoms with Crippen molar-refractivity contribution in [2.45, 2.75) is 6.42 Å². The molecule has 7 nitrogen and oxygen atoms in total. The molecule has 0 bridgehead atoms. The maximum atomic E-state index is 12.7. The Morgan fingerprint density at radius 1 is 1.50 bits per heavy atom. The van der Waals surface area contributed by atoms with Gasteiger partial charge >= 0.3 is 7.75 Å². The molecule has 1 atom stereocenters. The predicted molar refractivity (Wildman–Crippen MR) is 71.8 cm³/mol. The second-order valence-electron chi connectivity index (χ2n) is 4.12. The number of rotatable bonds is 4. The molecule has 1 heterocycles. The molecular weight excluding hydrogens is 307 g/mol. The van der Waals surface area contributed by atoms with Crippen molar-refractivity contribution in [3.05, 3.63) is 29.3 Å². The van der Waals surface area contributed by atoms with Crippen molar-refractivity contribution in [2.24, 2.45) is 0 Å². The van der Waals surface area contributed by atoms with E-state index in [1.165, 1.54) is 10.2 Å². The number of hydrogen-bond donors (Lipinski definition) is 2. The average Bonchev–Trinajstić information content (AvgIpc) is 2.44. The van der Waals surface area contributed by atoms with Crippen LogP contribution in [-0.2, 0) is 13.9 Å². The number of carbonyl (C=O) groups is 1. The summed E-state index contributed by atoms with van der Waals surface area (Å²) in [6.07, 6.45) is 0.618. The quantitative estimate of drug-likeness (QED) is 0.501. The fraction of sp³-hybridized carbons (Fsp3) is 0.364. The molecule has 9 heteroatoms. The Kier molecular flexibility index (Phi) is 5.01. The van der Waals surface area contributed by atoms with Gasteiger partial charge in [0.05, 0.1) is 13.2 Å². The van der Waals surface area contributed by atoms with E-state index >= 15 is 0 Å². The third-order valence-corrected chi connectivity index (χ3v) is 4.88. The molecule has 1 aliphatic heterocycles. The Balaban J connectivity index is 2.13. The van der Waals surface area contributed by atoms with Crippen molar-refractivity contribution in [3.8, 4) is 5.75 Å². The van der Waals surface area contributed by atoms with E-state index in [0.29, 0.717) is 23.7 Å². The number of nitrogens with one attached hydrogen (secondary N) is 1. The van der Waals surface area contributed by atoms with Gasteiger partial charge in [-0.05, 0) is 30.7 Å². The van der Waals surface area contributed by atoms with Gasteiger partial charge in [0.1, 0.15) is 5.75 Å². The van der Waals surface area contributed by atoms with E-state index in [9.17, 15) is 9.36 Å². The van der Waals surface area contributed by atoms with E-state index in [4.69, 9.17) is 25.9 Å². The Hall–Kier alpha value is -1.11. The summed E-state index contributed by atoms with van der Waals surface area (Å²) in [6, 6.07) is 6.31. The van der Waals surface area contributed by atoms with Crippen LogP contribution in [0.25, 0.3) is 0 Å². The fourth-order valence-corrected chi connectivity index (χ4v) is 3.60. The van der Waals surface area contributed by atoms with Gasteiger partial charge in [-0.1, -0.05) is 11.6 Å². The van der Waals surface area contributed by atoms with Crippen LogP contribution in [0.3, 0.4) is 0 Å². The molecule has 110 valence electrons. The molecule has 0 radical (unpaired) electrons. The standard InChI is InChI=1S/C11H14ClN2O5P/c12-9-2-4-10(5-3-9)19-20(17)14(6-1-7-18-20)8-11(15)13-16/h2-5,16H,1,6-8H2,(H,13,15). The van der Waals surface area contributed by atoms with Crippen LogP contribution in [0.5, 0.6) is 5.75 Å². The molecule has 1 saturated heterocycles. The van der Waals surface area contributed by atoms with Crippen molar-refractivity contribution >= 4 is 25.3 Å². The fourth-order valence-electron chi connectivity index (χ4n) is 1.71. The molecule has 20 heavy (non-hydrogen) atoms. The van der Waals surface area contributed by atoms with Gasteiger partial charge in [-0.15, -0.1) is 0 Å². The first-order chi connectivity index (χ1) is 9.53. The minimum absolute atomic E-state index is 0.276. The molecule has 0 aromatic heterocycles. The highest BCUT2D eigenvalue weighted by Gasteiger charge is 2.39. The minimum atomic E-state index is -3.61. The van der Waals surface area contributed by atoms with Gasteiger partial charge in [-0.25, -0.2) is 10.0 Å². The van der Waals surface area contributed by atoms with E-state index in [1.54, 1.807) is 24.3 Å². The SMILES string of the molecule is O=C(CN1CCCOP1(=O)Oc1ccc(Cl)cc1)NO. The highest BCUT2D eigenvalue weighted by atomic mass is 35.5. The maximum Gasteiger partial charge on any atom is 0.461 e. The molecule has 0 spiro atoms. The zero-order valence-electron chi connectivity index (χ0n) is 10.5. The topological polar surface area (TPSA) is 88.1 Å². The lowest BCUT2D eigenvalue weighted by molar-refractivity contribution is -0.129. The number of halogens is 1. The number of carbonyl (C=O) groups excluding carboxylic acids is 1. The summed E-state index contributed by atoms with van der Waals surface area (Å²) in [4.78, 5) is 11.2. The summed E-state index contributed by atoms with van der Waals surface area (Å²) in [5.74, 6) is -0.357. The van der Waals surface area contributed by atoms with Crippen molar-refractivity contribution in [1.82, 2.24) is 10.2 Å². The zero-order chi connectivity index (χ0) is 14.6. The van der Waals surface area contributed by atoms with Gasteiger partial charge in [0.25, 0.3) is 5.91 Å². The highest BCUT2D eigenvalue weighted by Crippen LogP contribution is 2.53. The largest absolute Gasteiger partial charge is 0.461 e. The Labute approximate surface area is 121 Å². The Morgan fingerprint density at radius 3 is 2.85 bits per heavy atom. The molecule has 2 N–H and O–H groups in total. The third kappa shape index (κ3) is 3.71. The highest BCUT2D eigenvalue weighted by molar-refractivity contribution is 7.51. The van der Waals surface area contributed by atoms with Crippen LogP contribution >= 0.6 is 19.3 Å². The summed E-state index contributed by atoms with van der Waals surface area (Å²) in [5.41, 5.74) is 1.49. The van der Waals surface area contributed by atoms with Crippen LogP contribution in [0.1, 0.15) is 6.42 Å². The monoisotopic (exact) mass is 320 g/mol. The average molecular weight is 321 g/mol. The van der Waals surface area contributed by atoms with E-state index in [0.717, 1.165) is 0 Å². The van der Waals surface area contributed by atoms with Crippen molar-refractivity contribution < 1.29 is 23.6 Å². The van der Waals surface area contributed by atoms with Crippen molar-refractivity contribution in [3.63, 3.8) is 0 Å². The van der Waals surface area contributed by atoms with Gasteiger partial charge in [0, 0.05) is 11.6 Å². The molecule has 0 saturated carbocycles. The van der Waals surface area contributed by atoms with Gasteiger partial charge < -0.3 is 4.52 Å². The minimum Gasteiger partial charge on any atom is -0.413 e. The normalized spacial score (nSPS) is 23.3. The van der Waals surface area contributed by atoms with Crippen LogP contribution in [0.4, 0.5) is 0 Å². The lowest BCUT2D eigenvalue weighted by atomic mass is 10.3. The van der Waals surface area contributed by atoms with Crippen molar-refractivity contribution in [2.75, 3.05) is 19.7 Å². The first kappa shape index (κ1) is 15.3. The number of hydrogen-bond acceptors (Lipinski definition) is 5. The first-order valence-electron chi connectivity index (χ1n) is 5.91. The lowest BCUT2D eigenvalue weighted by Gasteiger charge is -2.32. The Bertz CT molecular complexity index is 524. The smallest absolute Gasteiger partial charge is 0.413 e. The molecule has 2 rings (SSSR count). The number of nitrogens with zero attached hydrogens (tertiary/aromatic N) is 1. The summed E-state index contributed by atoms with van der Waals surface area (Å²) in [7, 11) is -3.61. The summed E-state index contributed by atoms with van der Waals surface area (Å²) >= 11 is 5.76. The van der Waals surface area contributed by atoms with Crippen LogP contribution in [-0.4, -0.2) is 35.5 Å². The molecule has 1 aliphatic rings. The van der Waals surface area contributed by atoms with E-state index in [1.807, 2.05) is 0 Å². The van der Waals surface area contributed by atoms with Crippen LogP contribution in [0.15, 0.2) is 24.3 Å². The van der Waals surface area contributed by atoms with Gasteiger partial charge in [-0.2, -0.15) is 4.67 Å². The van der Waals surface area contributed by atoms with Gasteiger partial charge in [0.2, 0.25) is 0 Å². The number of hydroxylamine groups is 1. The summed E-state index contributed by atoms with van der Waals surface area (Å²) < 4.78 is 24.5. The van der Waals surface area contributed by atoms with E-state index in [2.05, 4.69) is 0 Å². The van der Waals surface area contributed by atoms with Gasteiger partial charge in [-0.3, -0.25) is 14.5 Å². The third-order valence-electron chi connectivity index (χ3n) is 2.65. The molecular formula is C11H14ClN2O5P. The summed E-state index contributed by atoms with van der Waals surface area (Å²) in [6.45, 7) is 0.377. The number of amides is 1. The molecule has 1 fully saturated rings. The maximum absolute atomic E-state index is 12.7. The molecule has 1 amide bonds. The number of benzene rings is 1. The second kappa shape index (κ2) is 6.56. The molecule has 1 unspecified atom stereocenters. The summed E-state index contributed by atoms with van der Waals surface area (Å²) in [5, 5.41) is 9.07. The second-order valence-corrected chi connectivity index (χ2v) is 6.50. The van der Waals surface area contributed by atoms with Gasteiger partial charge in [0.15, 0.2) is 0 Å². The van der Waals surface area contributed by atoms with Crippen molar-refractivity contribution in [1.29, 1.82) is 0 Å². The molecule has 1 aromatic rings. The molecule has 1 aromatic carbocycles. The lowest BCUT2D eigenvalue weighted by Crippen LogP contribution is -2.38. The van der Waals surface area contributed by atoms with E-state index < -0.39 is 13.7 Å². The zero-order valence-corrected chi connectivity index (χ0v) is 12.1. The predicted octanol–water partition coefficient (Wildman–Crippen LogP) is 2.05.